The van der Waals surface area contributed by atoms with Crippen LogP contribution >= 0.6 is 11.3 Å². The molecule has 6 heteroatoms. The highest BCUT2D eigenvalue weighted by molar-refractivity contribution is 7.12. The summed E-state index contributed by atoms with van der Waals surface area (Å²) in [5.74, 6) is -0.420. The first-order chi connectivity index (χ1) is 7.17. The van der Waals surface area contributed by atoms with Crippen molar-refractivity contribution in [3.05, 3.63) is 16.3 Å². The predicted octanol–water partition coefficient (Wildman–Crippen LogP) is 2.10. The lowest BCUT2D eigenvalue weighted by Gasteiger charge is -2.01. The van der Waals surface area contributed by atoms with Gasteiger partial charge in [0.2, 0.25) is 0 Å². The van der Waals surface area contributed by atoms with E-state index in [9.17, 15) is 9.59 Å². The van der Waals surface area contributed by atoms with Crippen LogP contribution in [0, 0.1) is 0 Å². The van der Waals surface area contributed by atoms with Crippen molar-refractivity contribution >= 4 is 29.1 Å². The lowest BCUT2D eigenvalue weighted by Crippen LogP contribution is -2.12. The smallest absolute Gasteiger partial charge is 0.411 e. The summed E-state index contributed by atoms with van der Waals surface area (Å²) in [5, 5.41) is 4.13. The molecular formula is C9H11NO4S. The molecule has 0 saturated carbocycles. The van der Waals surface area contributed by atoms with E-state index in [-0.39, 0.29) is 0 Å². The molecule has 0 aliphatic heterocycles. The summed E-state index contributed by atoms with van der Waals surface area (Å²) in [6.07, 6.45) is -0.535. The molecule has 0 bridgehead atoms. The molecule has 1 amide bonds. The molecule has 0 aliphatic rings. The SMILES string of the molecule is CCOC(=O)Nc1csc(C(=O)OC)c1. The van der Waals surface area contributed by atoms with Gasteiger partial charge < -0.3 is 9.47 Å². The van der Waals surface area contributed by atoms with Gasteiger partial charge >= 0.3 is 12.1 Å². The third-order valence-electron chi connectivity index (χ3n) is 1.51. The normalized spacial score (nSPS) is 9.47. The third-order valence-corrected chi connectivity index (χ3v) is 2.42. The van der Waals surface area contributed by atoms with Crippen LogP contribution in [0.3, 0.4) is 0 Å². The number of carbonyl (C=O) groups excluding carboxylic acids is 2. The molecule has 0 aromatic carbocycles. The van der Waals surface area contributed by atoms with E-state index in [0.29, 0.717) is 17.2 Å². The molecular weight excluding hydrogens is 218 g/mol. The Kier molecular flexibility index (Phi) is 4.11. The van der Waals surface area contributed by atoms with E-state index in [4.69, 9.17) is 0 Å². The van der Waals surface area contributed by atoms with Gasteiger partial charge in [-0.05, 0) is 13.0 Å². The monoisotopic (exact) mass is 229 g/mol. The van der Waals surface area contributed by atoms with Crippen LogP contribution in [0.5, 0.6) is 0 Å². The van der Waals surface area contributed by atoms with E-state index < -0.39 is 12.1 Å². The number of methoxy groups -OCH3 is 1. The molecule has 0 aliphatic carbocycles. The number of carbonyl (C=O) groups is 2. The molecule has 1 aromatic heterocycles. The highest BCUT2D eigenvalue weighted by Gasteiger charge is 2.10. The zero-order chi connectivity index (χ0) is 11.3. The highest BCUT2D eigenvalue weighted by atomic mass is 32.1. The Balaban J connectivity index is 2.60. The molecule has 82 valence electrons. The van der Waals surface area contributed by atoms with Gasteiger partial charge in [0, 0.05) is 5.38 Å². The van der Waals surface area contributed by atoms with Crippen LogP contribution in [0.15, 0.2) is 11.4 Å². The summed E-state index contributed by atoms with van der Waals surface area (Å²) < 4.78 is 9.21. The van der Waals surface area contributed by atoms with E-state index in [1.165, 1.54) is 24.5 Å². The van der Waals surface area contributed by atoms with Gasteiger partial charge in [0.05, 0.1) is 19.4 Å². The van der Waals surface area contributed by atoms with Crippen molar-refractivity contribution < 1.29 is 19.1 Å². The fraction of sp³-hybridized carbons (Fsp3) is 0.333. The van der Waals surface area contributed by atoms with E-state index in [1.807, 2.05) is 0 Å². The Bertz CT molecular complexity index is 361. The average molecular weight is 229 g/mol. The number of nitrogens with one attached hydrogen (secondary N) is 1. The van der Waals surface area contributed by atoms with E-state index >= 15 is 0 Å². The molecule has 0 fully saturated rings. The Morgan fingerprint density at radius 2 is 2.27 bits per heavy atom. The van der Waals surface area contributed by atoms with Gasteiger partial charge in [0.25, 0.3) is 0 Å². The third kappa shape index (κ3) is 3.25. The summed E-state index contributed by atoms with van der Waals surface area (Å²) in [6, 6.07) is 1.54. The van der Waals surface area contributed by atoms with Crippen molar-refractivity contribution in [2.75, 3.05) is 19.0 Å². The number of esters is 1. The van der Waals surface area contributed by atoms with E-state index in [0.717, 1.165) is 0 Å². The number of anilines is 1. The standard InChI is InChI=1S/C9H11NO4S/c1-3-14-9(12)10-6-4-7(15-5-6)8(11)13-2/h4-5H,3H2,1-2H3,(H,10,12). The maximum atomic E-state index is 11.1. The second kappa shape index (κ2) is 5.35. The van der Waals surface area contributed by atoms with Gasteiger partial charge in [-0.3, -0.25) is 5.32 Å². The second-order valence-electron chi connectivity index (χ2n) is 2.54. The number of thiophene rings is 1. The van der Waals surface area contributed by atoms with Crippen molar-refractivity contribution in [2.45, 2.75) is 6.92 Å². The minimum absolute atomic E-state index is 0.305. The number of hydrogen-bond acceptors (Lipinski definition) is 5. The van der Waals surface area contributed by atoms with Crippen LogP contribution in [0.1, 0.15) is 16.6 Å². The summed E-state index contributed by atoms with van der Waals surface area (Å²) in [5.41, 5.74) is 0.527. The molecule has 1 aromatic rings. The van der Waals surface area contributed by atoms with Crippen LogP contribution in [0.25, 0.3) is 0 Å². The first-order valence-electron chi connectivity index (χ1n) is 4.28. The van der Waals surface area contributed by atoms with E-state index in [2.05, 4.69) is 14.8 Å². The summed E-state index contributed by atoms with van der Waals surface area (Å²) in [4.78, 5) is 22.5. The first kappa shape index (κ1) is 11.5. The molecule has 0 atom stereocenters. The Labute approximate surface area is 91.0 Å². The molecule has 1 N–H and O–H groups in total. The topological polar surface area (TPSA) is 64.6 Å². The van der Waals surface area contributed by atoms with Gasteiger partial charge in [0.15, 0.2) is 0 Å². The predicted molar refractivity (Wildman–Crippen MR) is 56.3 cm³/mol. The Morgan fingerprint density at radius 3 is 2.87 bits per heavy atom. The Hall–Kier alpha value is -1.56. The van der Waals surface area contributed by atoms with Crippen molar-refractivity contribution in [3.63, 3.8) is 0 Å². The van der Waals surface area contributed by atoms with Crippen LogP contribution in [-0.4, -0.2) is 25.8 Å². The minimum atomic E-state index is -0.535. The molecule has 5 nitrogen and oxygen atoms in total. The van der Waals surface area contributed by atoms with Gasteiger partial charge in [0.1, 0.15) is 4.88 Å². The highest BCUT2D eigenvalue weighted by Crippen LogP contribution is 2.20. The fourth-order valence-corrected chi connectivity index (χ4v) is 1.65. The number of rotatable bonds is 3. The average Bonchev–Trinajstić information content (AvgIpc) is 2.65. The quantitative estimate of drug-likeness (QED) is 0.806. The van der Waals surface area contributed by atoms with Gasteiger partial charge in [-0.2, -0.15) is 0 Å². The van der Waals surface area contributed by atoms with Gasteiger partial charge in [-0.1, -0.05) is 0 Å². The fourth-order valence-electron chi connectivity index (χ4n) is 0.894. The van der Waals surface area contributed by atoms with Crippen molar-refractivity contribution in [3.8, 4) is 0 Å². The van der Waals surface area contributed by atoms with Crippen LogP contribution in [-0.2, 0) is 9.47 Å². The molecule has 0 radical (unpaired) electrons. The van der Waals surface area contributed by atoms with Crippen LogP contribution in [0.4, 0.5) is 10.5 Å². The van der Waals surface area contributed by atoms with Crippen molar-refractivity contribution in [2.24, 2.45) is 0 Å². The maximum absolute atomic E-state index is 11.1. The summed E-state index contributed by atoms with van der Waals surface area (Å²) in [6.45, 7) is 2.02. The first-order valence-corrected chi connectivity index (χ1v) is 5.16. The molecule has 15 heavy (non-hydrogen) atoms. The lowest BCUT2D eigenvalue weighted by molar-refractivity contribution is 0.0606. The largest absolute Gasteiger partial charge is 0.465 e. The van der Waals surface area contributed by atoms with E-state index in [1.54, 1.807) is 12.3 Å². The molecule has 1 rings (SSSR count). The minimum Gasteiger partial charge on any atom is -0.465 e. The molecule has 0 spiro atoms. The Morgan fingerprint density at radius 1 is 1.53 bits per heavy atom. The zero-order valence-electron chi connectivity index (χ0n) is 8.40. The molecule has 1 heterocycles. The molecule has 0 unspecified atom stereocenters. The van der Waals surface area contributed by atoms with Crippen LogP contribution < -0.4 is 5.32 Å². The summed E-state index contributed by atoms with van der Waals surface area (Å²) in [7, 11) is 1.31. The van der Waals surface area contributed by atoms with Gasteiger partial charge in [-0.15, -0.1) is 11.3 Å². The van der Waals surface area contributed by atoms with Crippen molar-refractivity contribution in [1.82, 2.24) is 0 Å². The number of amides is 1. The van der Waals surface area contributed by atoms with Gasteiger partial charge in [-0.25, -0.2) is 9.59 Å². The number of hydrogen-bond donors (Lipinski definition) is 1. The number of ether oxygens (including phenoxy) is 2. The van der Waals surface area contributed by atoms with Crippen molar-refractivity contribution in [1.29, 1.82) is 0 Å². The second-order valence-corrected chi connectivity index (χ2v) is 3.45. The lowest BCUT2D eigenvalue weighted by atomic mass is 10.4. The maximum Gasteiger partial charge on any atom is 0.411 e. The zero-order valence-corrected chi connectivity index (χ0v) is 9.22. The molecule has 0 saturated heterocycles. The summed E-state index contributed by atoms with van der Waals surface area (Å²) >= 11 is 1.20. The van der Waals surface area contributed by atoms with Crippen LogP contribution in [0.2, 0.25) is 0 Å².